The number of ketones is 1. The van der Waals surface area contributed by atoms with Gasteiger partial charge in [-0.1, -0.05) is 70.4 Å². The second kappa shape index (κ2) is 22.0. The fourth-order valence-corrected chi connectivity index (χ4v) is 3.74. The van der Waals surface area contributed by atoms with E-state index in [-0.39, 0.29) is 48.9 Å². The van der Waals surface area contributed by atoms with Crippen molar-refractivity contribution >= 4 is 15.9 Å². The Hall–Kier alpha value is 0.280. The van der Waals surface area contributed by atoms with Crippen molar-refractivity contribution in [2.45, 2.75) is 103 Å². The second-order valence-electron chi connectivity index (χ2n) is 7.17. The minimum absolute atomic E-state index is 0. The number of carbonyl (C=O) groups excluding carboxylic acids is 1. The first kappa shape index (κ1) is 30.5. The van der Waals surface area contributed by atoms with Crippen LogP contribution in [0.3, 0.4) is 0 Å². The van der Waals surface area contributed by atoms with E-state index in [4.69, 9.17) is 0 Å². The number of Topliss-reactive ketones (excluding diaryl/α,β-unsaturated/α-hetero) is 1. The Bertz CT molecular complexity index is 487. The van der Waals surface area contributed by atoms with Gasteiger partial charge in [0, 0.05) is 19.9 Å². The van der Waals surface area contributed by atoms with Crippen LogP contribution >= 0.6 is 0 Å². The first-order chi connectivity index (χ1) is 13.0. The Balaban J connectivity index is -0.00000338. The van der Waals surface area contributed by atoms with E-state index in [1.807, 2.05) is 0 Å². The molecule has 0 aliphatic rings. The third kappa shape index (κ3) is 22.6. The van der Waals surface area contributed by atoms with E-state index >= 15 is 0 Å². The summed E-state index contributed by atoms with van der Waals surface area (Å²) < 4.78 is 27.0. The molecule has 0 rings (SSSR count). The van der Waals surface area contributed by atoms with E-state index in [0.717, 1.165) is 25.7 Å². The number of rotatable bonds is 20. The van der Waals surface area contributed by atoms with Crippen molar-refractivity contribution in [3.05, 3.63) is 12.2 Å². The van der Waals surface area contributed by atoms with Crippen molar-refractivity contribution < 1.29 is 48.5 Å². The zero-order valence-corrected chi connectivity index (χ0v) is 21.3. The van der Waals surface area contributed by atoms with Crippen LogP contribution in [0.5, 0.6) is 0 Å². The largest absolute Gasteiger partial charge is 1.00 e. The molecule has 0 radical (unpaired) electrons. The molecule has 0 fully saturated rings. The van der Waals surface area contributed by atoms with Crippen LogP contribution in [-0.2, 0) is 19.2 Å². The van der Waals surface area contributed by atoms with Gasteiger partial charge in [0.05, 0.1) is 5.75 Å². The van der Waals surface area contributed by atoms with Gasteiger partial charge in [-0.05, 0) is 32.1 Å². The van der Waals surface area contributed by atoms with Crippen LogP contribution in [0.15, 0.2) is 12.2 Å². The maximum atomic E-state index is 11.7. The van der Waals surface area contributed by atoms with Crippen molar-refractivity contribution in [3.8, 4) is 0 Å². The molecule has 0 spiro atoms. The van der Waals surface area contributed by atoms with Gasteiger partial charge in [0.25, 0.3) is 10.1 Å². The number of carbonyl (C=O) groups is 1. The molecule has 0 aliphatic carbocycles. The van der Waals surface area contributed by atoms with Crippen LogP contribution < -0.4 is 35.0 Å². The minimum Gasteiger partial charge on any atom is -1.00 e. The Kier molecular flexibility index (Phi) is 23.9. The van der Waals surface area contributed by atoms with Gasteiger partial charge in [-0.3, -0.25) is 4.79 Å². The maximum Gasteiger partial charge on any atom is 1.00 e. The molecule has 0 aromatic carbocycles. The smallest absolute Gasteiger partial charge is 1.00 e. The molecule has 0 heterocycles. The van der Waals surface area contributed by atoms with Crippen molar-refractivity contribution in [2.75, 3.05) is 12.8 Å². The molecule has 0 atom stereocenters. The van der Waals surface area contributed by atoms with E-state index in [1.54, 1.807) is 0 Å². The monoisotopic (exact) mass is 427 g/mol. The summed E-state index contributed by atoms with van der Waals surface area (Å²) >= 11 is 0. The predicted octanol–water partition coefficient (Wildman–Crippen LogP) is 2.58. The van der Waals surface area contributed by atoms with Gasteiger partial charge in [0.15, 0.2) is 0 Å². The molecular formula is C21H42NNaO4S. The van der Waals surface area contributed by atoms with Crippen LogP contribution in [0.4, 0.5) is 0 Å². The molecule has 0 aliphatic heterocycles. The average molecular weight is 428 g/mol. The summed E-state index contributed by atoms with van der Waals surface area (Å²) in [7, 11) is -2.25. The summed E-state index contributed by atoms with van der Waals surface area (Å²) in [6.07, 6.45) is 21.0. The topological polar surface area (TPSA) is 72.5 Å². The molecular weight excluding hydrogens is 385 g/mol. The maximum absolute atomic E-state index is 11.7. The van der Waals surface area contributed by atoms with Crippen LogP contribution in [0.1, 0.15) is 105 Å². The average Bonchev–Trinajstić information content (AvgIpc) is 2.63. The van der Waals surface area contributed by atoms with Crippen LogP contribution in [0.25, 0.3) is 0 Å². The Morgan fingerprint density at radius 2 is 1.36 bits per heavy atom. The quantitative estimate of drug-likeness (QED) is 0.140. The molecule has 0 unspecified atom stereocenters. The number of unbranched alkanes of at least 4 members (excludes halogenated alkanes) is 11. The van der Waals surface area contributed by atoms with Crippen molar-refractivity contribution in [1.29, 1.82) is 0 Å². The Morgan fingerprint density at radius 1 is 0.857 bits per heavy atom. The molecule has 28 heavy (non-hydrogen) atoms. The van der Waals surface area contributed by atoms with Crippen LogP contribution in [0, 0.1) is 0 Å². The fourth-order valence-electron chi connectivity index (χ4n) is 2.93. The summed E-state index contributed by atoms with van der Waals surface area (Å²) in [6.45, 7) is 2.25. The zero-order chi connectivity index (χ0) is 20.2. The van der Waals surface area contributed by atoms with E-state index in [1.165, 1.54) is 64.8 Å². The number of nitrogens with one attached hydrogen (secondary N) is 1. The van der Waals surface area contributed by atoms with E-state index in [2.05, 4.69) is 28.8 Å². The van der Waals surface area contributed by atoms with Crippen molar-refractivity contribution in [3.63, 3.8) is 0 Å². The second-order valence-corrected chi connectivity index (χ2v) is 8.86. The van der Waals surface area contributed by atoms with Crippen molar-refractivity contribution in [2.24, 2.45) is 0 Å². The number of hydrogen-bond donors (Lipinski definition) is 1. The summed E-state index contributed by atoms with van der Waals surface area (Å²) in [5.41, 5.74) is 2.13. The number of hydrogen-bond acceptors (Lipinski definition) is 5. The standard InChI is InChI=1S/C21H41NO4S.Na.H/c1-3-4-5-6-7-8-9-10-11-12-13-14-15-16-17-18-21(23)19-20-27(24,25)26-22-2;;/h10-11,22H,3-9,12-20H2,1-2H3;;/q;+1;-1/b11-10-;;. The van der Waals surface area contributed by atoms with Gasteiger partial charge in [0.2, 0.25) is 0 Å². The molecule has 1 N–H and O–H groups in total. The first-order valence-corrected chi connectivity index (χ1v) is 12.3. The van der Waals surface area contributed by atoms with Crippen LogP contribution in [-0.4, -0.2) is 27.0 Å². The minimum atomic E-state index is -3.62. The molecule has 7 heteroatoms. The van der Waals surface area contributed by atoms with Gasteiger partial charge in [0.1, 0.15) is 5.78 Å². The molecule has 0 aromatic heterocycles. The predicted molar refractivity (Wildman–Crippen MR) is 114 cm³/mol. The molecule has 5 nitrogen and oxygen atoms in total. The van der Waals surface area contributed by atoms with E-state index < -0.39 is 10.1 Å². The fraction of sp³-hybridized carbons (Fsp3) is 0.857. The van der Waals surface area contributed by atoms with Crippen molar-refractivity contribution in [1.82, 2.24) is 5.48 Å². The summed E-state index contributed by atoms with van der Waals surface area (Å²) in [5, 5.41) is 0. The summed E-state index contributed by atoms with van der Waals surface area (Å²) in [6, 6.07) is 0. The molecule has 162 valence electrons. The number of hydroxylamine groups is 1. The number of allylic oxidation sites excluding steroid dienone is 2. The molecule has 0 bridgehead atoms. The van der Waals surface area contributed by atoms with Gasteiger partial charge in [-0.25, -0.2) is 0 Å². The van der Waals surface area contributed by atoms with Gasteiger partial charge in [-0.15, -0.1) is 0 Å². The van der Waals surface area contributed by atoms with Gasteiger partial charge >= 0.3 is 29.6 Å². The first-order valence-electron chi connectivity index (χ1n) is 10.8. The normalized spacial score (nSPS) is 11.6. The Morgan fingerprint density at radius 3 is 1.89 bits per heavy atom. The van der Waals surface area contributed by atoms with E-state index in [0.29, 0.717) is 6.42 Å². The molecule has 0 saturated carbocycles. The third-order valence-electron chi connectivity index (χ3n) is 4.56. The third-order valence-corrected chi connectivity index (χ3v) is 5.68. The molecule has 0 aromatic rings. The summed E-state index contributed by atoms with van der Waals surface area (Å²) in [4.78, 5) is 11.7. The zero-order valence-electron chi connectivity index (χ0n) is 19.5. The van der Waals surface area contributed by atoms with Crippen LogP contribution in [0.2, 0.25) is 0 Å². The SMILES string of the molecule is CCCCCCCC/C=C\CCCCCCCC(=O)CCS(=O)(=O)ONC.[H-].[Na+]. The van der Waals surface area contributed by atoms with Gasteiger partial charge < -0.3 is 1.43 Å². The van der Waals surface area contributed by atoms with Gasteiger partial charge in [-0.2, -0.15) is 18.2 Å². The Labute approximate surface area is 197 Å². The van der Waals surface area contributed by atoms with E-state index in [9.17, 15) is 13.2 Å². The molecule has 0 amide bonds. The summed E-state index contributed by atoms with van der Waals surface area (Å²) in [5.74, 6) is -0.256. The molecule has 0 saturated heterocycles.